The molecule has 17 heavy (non-hydrogen) atoms. The van der Waals surface area contributed by atoms with E-state index in [2.05, 4.69) is 15.0 Å². The van der Waals surface area contributed by atoms with Gasteiger partial charge in [-0.25, -0.2) is 4.98 Å². The monoisotopic (exact) mass is 250 g/mol. The summed E-state index contributed by atoms with van der Waals surface area (Å²) in [6, 6.07) is 0. The zero-order valence-electron chi connectivity index (χ0n) is 10.1. The van der Waals surface area contributed by atoms with E-state index in [0.717, 1.165) is 35.2 Å². The van der Waals surface area contributed by atoms with Crippen molar-refractivity contribution < 1.29 is 0 Å². The lowest BCUT2D eigenvalue weighted by Crippen LogP contribution is -2.16. The zero-order valence-corrected chi connectivity index (χ0v) is 10.9. The number of rotatable bonds is 3. The molecule has 5 heteroatoms. The van der Waals surface area contributed by atoms with E-state index in [4.69, 9.17) is 5.73 Å². The van der Waals surface area contributed by atoms with Crippen LogP contribution in [-0.2, 0) is 6.42 Å². The first-order chi connectivity index (χ1) is 8.24. The van der Waals surface area contributed by atoms with Gasteiger partial charge < -0.3 is 5.73 Å². The van der Waals surface area contributed by atoms with Crippen LogP contribution in [0.25, 0.3) is 0 Å². The second-order valence-electron chi connectivity index (χ2n) is 5.24. The van der Waals surface area contributed by atoms with Crippen molar-refractivity contribution >= 4 is 17.7 Å². The molecule has 0 amide bonds. The second kappa shape index (κ2) is 4.44. The summed E-state index contributed by atoms with van der Waals surface area (Å²) in [5.74, 6) is 3.92. The molecule has 2 aliphatic rings. The number of anilines is 1. The highest BCUT2D eigenvalue weighted by Crippen LogP contribution is 2.49. The number of thioether (sulfide) groups is 1. The molecule has 2 aliphatic carbocycles. The van der Waals surface area contributed by atoms with Crippen molar-refractivity contribution in [2.75, 3.05) is 12.0 Å². The maximum atomic E-state index is 5.71. The third-order valence-corrected chi connectivity index (χ3v) is 4.74. The lowest BCUT2D eigenvalue weighted by molar-refractivity contribution is 0.326. The molecule has 1 aromatic heterocycles. The Kier molecular flexibility index (Phi) is 2.94. The van der Waals surface area contributed by atoms with E-state index in [-0.39, 0.29) is 0 Å². The van der Waals surface area contributed by atoms with E-state index in [0.29, 0.717) is 5.95 Å². The molecule has 3 unspecified atom stereocenters. The van der Waals surface area contributed by atoms with Crippen LogP contribution in [-0.4, -0.2) is 21.2 Å². The quantitative estimate of drug-likeness (QED) is 0.833. The number of nitrogen functional groups attached to an aromatic ring is 1. The first-order valence-electron chi connectivity index (χ1n) is 6.29. The molecule has 92 valence electrons. The van der Waals surface area contributed by atoms with Gasteiger partial charge in [0.1, 0.15) is 5.82 Å². The van der Waals surface area contributed by atoms with Crippen LogP contribution in [0.2, 0.25) is 0 Å². The minimum Gasteiger partial charge on any atom is -0.368 e. The van der Waals surface area contributed by atoms with Crippen molar-refractivity contribution in [1.29, 1.82) is 0 Å². The summed E-state index contributed by atoms with van der Waals surface area (Å²) in [6.45, 7) is 0. The highest BCUT2D eigenvalue weighted by molar-refractivity contribution is 7.98. The van der Waals surface area contributed by atoms with E-state index in [9.17, 15) is 0 Å². The number of fused-ring (bicyclic) bond motifs is 2. The van der Waals surface area contributed by atoms with Gasteiger partial charge >= 0.3 is 0 Å². The second-order valence-corrected chi connectivity index (χ2v) is 6.01. The van der Waals surface area contributed by atoms with Crippen LogP contribution in [0.15, 0.2) is 5.16 Å². The predicted octanol–water partition coefficient (Wildman–Crippen LogP) is 2.15. The first kappa shape index (κ1) is 11.3. The van der Waals surface area contributed by atoms with Crippen LogP contribution >= 0.6 is 11.8 Å². The molecule has 2 bridgehead atoms. The summed E-state index contributed by atoms with van der Waals surface area (Å²) in [7, 11) is 0. The molecule has 2 saturated carbocycles. The topological polar surface area (TPSA) is 64.7 Å². The molecule has 0 aromatic carbocycles. The Morgan fingerprint density at radius 3 is 2.76 bits per heavy atom. The maximum absolute atomic E-state index is 5.71. The van der Waals surface area contributed by atoms with Gasteiger partial charge in [-0.1, -0.05) is 18.2 Å². The third kappa shape index (κ3) is 2.25. The van der Waals surface area contributed by atoms with Crippen molar-refractivity contribution in [2.45, 2.75) is 37.3 Å². The standard InChI is InChI=1S/C12H18N4S/c1-17-12-15-10(14-11(13)16-12)6-9-5-7-2-3-8(9)4-7/h7-9H,2-6H2,1H3,(H2,13,14,15,16). The van der Waals surface area contributed by atoms with Gasteiger partial charge in [0.2, 0.25) is 5.95 Å². The summed E-state index contributed by atoms with van der Waals surface area (Å²) in [5, 5.41) is 0.746. The highest BCUT2D eigenvalue weighted by atomic mass is 32.2. The SMILES string of the molecule is CSc1nc(N)nc(CC2CC3CCC2C3)n1. The molecule has 2 fully saturated rings. The molecule has 3 atom stereocenters. The van der Waals surface area contributed by atoms with Crippen molar-refractivity contribution in [1.82, 2.24) is 15.0 Å². The normalized spacial score (nSPS) is 31.0. The molecule has 4 nitrogen and oxygen atoms in total. The van der Waals surface area contributed by atoms with Crippen molar-refractivity contribution in [3.8, 4) is 0 Å². The van der Waals surface area contributed by atoms with Gasteiger partial charge in [-0.15, -0.1) is 0 Å². The van der Waals surface area contributed by atoms with Gasteiger partial charge in [-0.3, -0.25) is 0 Å². The average Bonchev–Trinajstić information content (AvgIpc) is 2.90. The van der Waals surface area contributed by atoms with Crippen LogP contribution < -0.4 is 5.73 Å². The largest absolute Gasteiger partial charge is 0.368 e. The Balaban J connectivity index is 1.74. The number of nitrogens with two attached hydrogens (primary N) is 1. The molecule has 3 rings (SSSR count). The maximum Gasteiger partial charge on any atom is 0.224 e. The molecule has 2 N–H and O–H groups in total. The van der Waals surface area contributed by atoms with Gasteiger partial charge in [0.25, 0.3) is 0 Å². The van der Waals surface area contributed by atoms with Crippen LogP contribution in [0.4, 0.5) is 5.95 Å². The van der Waals surface area contributed by atoms with Crippen molar-refractivity contribution in [3.63, 3.8) is 0 Å². The number of hydrogen-bond acceptors (Lipinski definition) is 5. The Morgan fingerprint density at radius 2 is 2.12 bits per heavy atom. The Labute approximate surface area is 106 Å². The van der Waals surface area contributed by atoms with Gasteiger partial charge in [0, 0.05) is 6.42 Å². The predicted molar refractivity (Wildman–Crippen MR) is 68.7 cm³/mol. The fourth-order valence-electron chi connectivity index (χ4n) is 3.46. The van der Waals surface area contributed by atoms with E-state index in [1.807, 2.05) is 6.26 Å². The molecular formula is C12H18N4S. The third-order valence-electron chi connectivity index (χ3n) is 4.19. The number of hydrogen-bond donors (Lipinski definition) is 1. The summed E-state index contributed by atoms with van der Waals surface area (Å²) in [5.41, 5.74) is 5.71. The van der Waals surface area contributed by atoms with Crippen LogP contribution in [0.1, 0.15) is 31.5 Å². The summed E-state index contributed by atoms with van der Waals surface area (Å²) >= 11 is 1.53. The van der Waals surface area contributed by atoms with Crippen molar-refractivity contribution in [2.24, 2.45) is 17.8 Å². The highest BCUT2D eigenvalue weighted by Gasteiger charge is 2.39. The molecule has 1 heterocycles. The van der Waals surface area contributed by atoms with Gasteiger partial charge in [0.15, 0.2) is 5.16 Å². The van der Waals surface area contributed by atoms with Gasteiger partial charge in [-0.05, 0) is 43.3 Å². The average molecular weight is 250 g/mol. The van der Waals surface area contributed by atoms with Crippen LogP contribution in [0.5, 0.6) is 0 Å². The van der Waals surface area contributed by atoms with Crippen molar-refractivity contribution in [3.05, 3.63) is 5.82 Å². The van der Waals surface area contributed by atoms with Gasteiger partial charge in [0.05, 0.1) is 0 Å². The summed E-state index contributed by atoms with van der Waals surface area (Å²) < 4.78 is 0. The van der Waals surface area contributed by atoms with Gasteiger partial charge in [-0.2, -0.15) is 9.97 Å². The molecule has 1 aromatic rings. The van der Waals surface area contributed by atoms with E-state index in [1.54, 1.807) is 0 Å². The Morgan fingerprint density at radius 1 is 1.24 bits per heavy atom. The smallest absolute Gasteiger partial charge is 0.224 e. The molecule has 0 saturated heterocycles. The molecule has 0 radical (unpaired) electrons. The van der Waals surface area contributed by atoms with E-state index >= 15 is 0 Å². The fourth-order valence-corrected chi connectivity index (χ4v) is 3.84. The minimum absolute atomic E-state index is 0.363. The molecule has 0 aliphatic heterocycles. The summed E-state index contributed by atoms with van der Waals surface area (Å²) in [4.78, 5) is 12.8. The molecular weight excluding hydrogens is 232 g/mol. The van der Waals surface area contributed by atoms with Crippen LogP contribution in [0.3, 0.4) is 0 Å². The fraction of sp³-hybridized carbons (Fsp3) is 0.750. The Bertz CT molecular complexity index is 423. The number of nitrogens with zero attached hydrogens (tertiary/aromatic N) is 3. The number of aromatic nitrogens is 3. The molecule has 0 spiro atoms. The minimum atomic E-state index is 0.363. The lowest BCUT2D eigenvalue weighted by atomic mass is 9.86. The lowest BCUT2D eigenvalue weighted by Gasteiger charge is -2.20. The zero-order chi connectivity index (χ0) is 11.8. The van der Waals surface area contributed by atoms with E-state index in [1.165, 1.54) is 37.4 Å². The summed E-state index contributed by atoms with van der Waals surface area (Å²) in [6.07, 6.45) is 8.60. The first-order valence-corrected chi connectivity index (χ1v) is 7.51. The van der Waals surface area contributed by atoms with Crippen LogP contribution in [0, 0.1) is 17.8 Å². The van der Waals surface area contributed by atoms with E-state index < -0.39 is 0 Å². The Hall–Kier alpha value is -0.840.